The zero-order chi connectivity index (χ0) is 17.8. The molecule has 2 heterocycles. The van der Waals surface area contributed by atoms with Crippen molar-refractivity contribution >= 4 is 11.9 Å². The summed E-state index contributed by atoms with van der Waals surface area (Å²) >= 11 is 0. The van der Waals surface area contributed by atoms with E-state index in [2.05, 4.69) is 10.2 Å². The van der Waals surface area contributed by atoms with Gasteiger partial charge in [-0.1, -0.05) is 12.1 Å². The lowest BCUT2D eigenvalue weighted by Crippen LogP contribution is -2.33. The third kappa shape index (κ3) is 4.09. The number of carbonyl (C=O) groups is 2. The molecule has 0 spiro atoms. The van der Waals surface area contributed by atoms with Crippen LogP contribution in [0, 0.1) is 0 Å². The van der Waals surface area contributed by atoms with Gasteiger partial charge in [0.15, 0.2) is 5.76 Å². The monoisotopic (exact) mass is 342 g/mol. The van der Waals surface area contributed by atoms with Crippen molar-refractivity contribution in [2.24, 2.45) is 0 Å². The van der Waals surface area contributed by atoms with E-state index in [9.17, 15) is 9.59 Å². The van der Waals surface area contributed by atoms with Gasteiger partial charge in [-0.3, -0.25) is 9.69 Å². The van der Waals surface area contributed by atoms with E-state index in [0.29, 0.717) is 23.8 Å². The smallest absolute Gasteiger partial charge is 0.335 e. The molecule has 1 saturated heterocycles. The third-order valence-electron chi connectivity index (χ3n) is 4.60. The van der Waals surface area contributed by atoms with E-state index >= 15 is 0 Å². The fraction of sp³-hybridized carbons (Fsp3) is 0.368. The molecule has 1 amide bonds. The van der Waals surface area contributed by atoms with Crippen molar-refractivity contribution in [2.45, 2.75) is 25.3 Å². The first kappa shape index (κ1) is 17.2. The van der Waals surface area contributed by atoms with Gasteiger partial charge in [0, 0.05) is 13.6 Å². The van der Waals surface area contributed by atoms with Crippen LogP contribution in [0.1, 0.15) is 51.0 Å². The zero-order valence-corrected chi connectivity index (χ0v) is 14.2. The number of likely N-dealkylation sites (tertiary alicyclic amines) is 1. The van der Waals surface area contributed by atoms with Gasteiger partial charge in [-0.05, 0) is 55.1 Å². The summed E-state index contributed by atoms with van der Waals surface area (Å²) in [6, 6.07) is 10.7. The number of nitrogens with one attached hydrogen (secondary N) is 1. The Labute approximate surface area is 146 Å². The molecular formula is C19H22N2O4. The first-order valence-corrected chi connectivity index (χ1v) is 8.43. The predicted molar refractivity (Wildman–Crippen MR) is 92.8 cm³/mol. The lowest BCUT2D eigenvalue weighted by atomic mass is 9.89. The predicted octanol–water partition coefficient (Wildman–Crippen LogP) is 2.72. The molecule has 0 radical (unpaired) electrons. The van der Waals surface area contributed by atoms with Crippen molar-refractivity contribution in [3.05, 3.63) is 59.0 Å². The Hall–Kier alpha value is -2.60. The molecule has 1 atom stereocenters. The van der Waals surface area contributed by atoms with E-state index in [1.807, 2.05) is 12.1 Å². The number of furan rings is 1. The molecule has 132 valence electrons. The fourth-order valence-corrected chi connectivity index (χ4v) is 3.33. The highest BCUT2D eigenvalue weighted by atomic mass is 16.4. The summed E-state index contributed by atoms with van der Waals surface area (Å²) in [6.07, 6.45) is 2.09. The largest absolute Gasteiger partial charge is 0.478 e. The van der Waals surface area contributed by atoms with Crippen molar-refractivity contribution < 1.29 is 19.1 Å². The number of benzene rings is 1. The maximum absolute atomic E-state index is 11.6. The van der Waals surface area contributed by atoms with Crippen molar-refractivity contribution in [1.29, 1.82) is 0 Å². The second kappa shape index (κ2) is 7.53. The van der Waals surface area contributed by atoms with Crippen molar-refractivity contribution in [2.75, 3.05) is 20.1 Å². The topological polar surface area (TPSA) is 82.8 Å². The quantitative estimate of drug-likeness (QED) is 0.873. The van der Waals surface area contributed by atoms with E-state index < -0.39 is 5.97 Å². The summed E-state index contributed by atoms with van der Waals surface area (Å²) in [5.74, 6) is 0.264. The molecule has 0 saturated carbocycles. The normalized spacial score (nSPS) is 18.0. The van der Waals surface area contributed by atoms with Crippen molar-refractivity contribution in [3.63, 3.8) is 0 Å². The Kier molecular flexibility index (Phi) is 5.19. The number of rotatable bonds is 5. The number of carboxylic acid groups (broad SMARTS) is 1. The van der Waals surface area contributed by atoms with Crippen molar-refractivity contribution in [1.82, 2.24) is 10.2 Å². The van der Waals surface area contributed by atoms with Gasteiger partial charge >= 0.3 is 5.97 Å². The zero-order valence-electron chi connectivity index (χ0n) is 14.2. The van der Waals surface area contributed by atoms with Crippen LogP contribution in [0.3, 0.4) is 0 Å². The van der Waals surface area contributed by atoms with Crippen LogP contribution >= 0.6 is 0 Å². The molecule has 1 fully saturated rings. The lowest BCUT2D eigenvalue weighted by molar-refractivity contribution is 0.0696. The number of carbonyl (C=O) groups excluding carboxylic acids is 1. The molecule has 2 N–H and O–H groups in total. The average Bonchev–Trinajstić information content (AvgIpc) is 3.10. The molecule has 6 nitrogen and oxygen atoms in total. The van der Waals surface area contributed by atoms with Crippen molar-refractivity contribution in [3.8, 4) is 0 Å². The number of carboxylic acids is 1. The van der Waals surface area contributed by atoms with Crippen LogP contribution in [0.5, 0.6) is 0 Å². The van der Waals surface area contributed by atoms with E-state index in [1.54, 1.807) is 31.3 Å². The van der Waals surface area contributed by atoms with E-state index in [1.165, 1.54) is 0 Å². The molecule has 1 aliphatic heterocycles. The second-order valence-corrected chi connectivity index (χ2v) is 6.35. The Bertz CT molecular complexity index is 768. The molecule has 1 aromatic carbocycles. The summed E-state index contributed by atoms with van der Waals surface area (Å²) in [6.45, 7) is 2.45. The minimum atomic E-state index is -0.896. The Morgan fingerprint density at radius 1 is 1.32 bits per heavy atom. The molecule has 2 aromatic rings. The highest BCUT2D eigenvalue weighted by Gasteiger charge is 2.23. The molecule has 0 bridgehead atoms. The molecular weight excluding hydrogens is 320 g/mol. The standard InChI is InChI=1S/C19H22N2O4/c1-20-18(22)17-8-7-16(25-17)12-21-9-3-6-15(11-21)13-4-2-5-14(10-13)19(23)24/h2,4-5,7-8,10,15H,3,6,9,11-12H2,1H3,(H,20,22)(H,23,24). The average molecular weight is 342 g/mol. The minimum Gasteiger partial charge on any atom is -0.478 e. The number of aromatic carboxylic acids is 1. The maximum Gasteiger partial charge on any atom is 0.335 e. The number of hydrogen-bond acceptors (Lipinski definition) is 4. The first-order chi connectivity index (χ1) is 12.1. The van der Waals surface area contributed by atoms with E-state index in [4.69, 9.17) is 9.52 Å². The van der Waals surface area contributed by atoms with Gasteiger partial charge in [-0.25, -0.2) is 4.79 Å². The number of piperidine rings is 1. The summed E-state index contributed by atoms with van der Waals surface area (Å²) in [5.41, 5.74) is 1.39. The fourth-order valence-electron chi connectivity index (χ4n) is 3.33. The van der Waals surface area contributed by atoms with Crippen LogP contribution in [-0.2, 0) is 6.54 Å². The van der Waals surface area contributed by atoms with Gasteiger partial charge in [-0.2, -0.15) is 0 Å². The number of hydrogen-bond donors (Lipinski definition) is 2. The molecule has 6 heteroatoms. The molecule has 25 heavy (non-hydrogen) atoms. The van der Waals surface area contributed by atoms with Gasteiger partial charge in [0.1, 0.15) is 5.76 Å². The maximum atomic E-state index is 11.6. The van der Waals surface area contributed by atoms with E-state index in [0.717, 1.165) is 37.3 Å². The highest BCUT2D eigenvalue weighted by molar-refractivity contribution is 5.91. The Morgan fingerprint density at radius 2 is 2.16 bits per heavy atom. The van der Waals surface area contributed by atoms with Gasteiger partial charge in [0.05, 0.1) is 12.1 Å². The molecule has 1 aromatic heterocycles. The highest BCUT2D eigenvalue weighted by Crippen LogP contribution is 2.28. The van der Waals surface area contributed by atoms with Crippen LogP contribution in [0.25, 0.3) is 0 Å². The Balaban J connectivity index is 1.67. The Morgan fingerprint density at radius 3 is 2.92 bits per heavy atom. The summed E-state index contributed by atoms with van der Waals surface area (Å²) < 4.78 is 5.60. The minimum absolute atomic E-state index is 0.228. The molecule has 1 aliphatic rings. The van der Waals surface area contributed by atoms with Crippen LogP contribution in [0.4, 0.5) is 0 Å². The summed E-state index contributed by atoms with van der Waals surface area (Å²) in [7, 11) is 1.57. The second-order valence-electron chi connectivity index (χ2n) is 6.35. The first-order valence-electron chi connectivity index (χ1n) is 8.43. The lowest BCUT2D eigenvalue weighted by Gasteiger charge is -2.32. The summed E-state index contributed by atoms with van der Waals surface area (Å²) in [5, 5.41) is 11.7. The van der Waals surface area contributed by atoms with Gasteiger partial charge in [0.25, 0.3) is 5.91 Å². The third-order valence-corrected chi connectivity index (χ3v) is 4.60. The van der Waals surface area contributed by atoms with Gasteiger partial charge in [-0.15, -0.1) is 0 Å². The molecule has 1 unspecified atom stereocenters. The van der Waals surface area contributed by atoms with E-state index in [-0.39, 0.29) is 5.91 Å². The SMILES string of the molecule is CNC(=O)c1ccc(CN2CCCC(c3cccc(C(=O)O)c3)C2)o1. The van der Waals surface area contributed by atoms with Gasteiger partial charge < -0.3 is 14.8 Å². The van der Waals surface area contributed by atoms with Gasteiger partial charge in [0.2, 0.25) is 0 Å². The molecule has 0 aliphatic carbocycles. The van der Waals surface area contributed by atoms with Crippen LogP contribution in [0.2, 0.25) is 0 Å². The van der Waals surface area contributed by atoms with Crippen LogP contribution in [0.15, 0.2) is 40.8 Å². The summed E-state index contributed by atoms with van der Waals surface area (Å²) in [4.78, 5) is 25.0. The van der Waals surface area contributed by atoms with Crippen LogP contribution < -0.4 is 5.32 Å². The number of amides is 1. The van der Waals surface area contributed by atoms with Crippen LogP contribution in [-0.4, -0.2) is 42.0 Å². The molecule has 3 rings (SSSR count). The number of nitrogens with zero attached hydrogens (tertiary/aromatic N) is 1.